The quantitative estimate of drug-likeness (QED) is 0.416. The Balaban J connectivity index is 1.33. The molecule has 0 saturated heterocycles. The van der Waals surface area contributed by atoms with Crippen molar-refractivity contribution < 1.29 is 9.47 Å². The van der Waals surface area contributed by atoms with Crippen molar-refractivity contribution in [2.45, 2.75) is 6.42 Å². The van der Waals surface area contributed by atoms with Gasteiger partial charge in [0.2, 0.25) is 0 Å². The number of rotatable bonds is 6. The minimum atomic E-state index is 0.776. The fourth-order valence-electron chi connectivity index (χ4n) is 3.97. The number of allylic oxidation sites excluding steroid dienone is 1. The van der Waals surface area contributed by atoms with Gasteiger partial charge in [0.1, 0.15) is 17.3 Å². The highest BCUT2D eigenvalue weighted by Crippen LogP contribution is 2.33. The molecule has 5 rings (SSSR count). The van der Waals surface area contributed by atoms with Crippen LogP contribution in [-0.2, 0) is 0 Å². The van der Waals surface area contributed by atoms with Crippen molar-refractivity contribution in [2.24, 2.45) is 4.99 Å². The molecule has 0 saturated carbocycles. The van der Waals surface area contributed by atoms with Crippen LogP contribution in [0.4, 0.5) is 0 Å². The molecule has 1 aromatic heterocycles. The van der Waals surface area contributed by atoms with Crippen LogP contribution in [0.2, 0.25) is 0 Å². The van der Waals surface area contributed by atoms with Gasteiger partial charge in [-0.3, -0.25) is 4.99 Å². The zero-order chi connectivity index (χ0) is 21.9. The third-order valence-electron chi connectivity index (χ3n) is 5.65. The van der Waals surface area contributed by atoms with Crippen molar-refractivity contribution in [3.63, 3.8) is 0 Å². The van der Waals surface area contributed by atoms with Crippen molar-refractivity contribution in [2.75, 3.05) is 14.2 Å². The third kappa shape index (κ3) is 3.69. The molecular weight excluding hydrogens is 398 g/mol. The van der Waals surface area contributed by atoms with E-state index in [9.17, 15) is 0 Å². The summed E-state index contributed by atoms with van der Waals surface area (Å²) >= 11 is 0. The maximum atomic E-state index is 5.50. The molecule has 4 aromatic rings. The lowest BCUT2D eigenvalue weighted by molar-refractivity contribution is 0.413. The summed E-state index contributed by atoms with van der Waals surface area (Å²) in [6, 6.07) is 24.3. The molecule has 0 amide bonds. The maximum absolute atomic E-state index is 5.50. The Labute approximate surface area is 187 Å². The molecule has 1 aliphatic rings. The number of aromatic nitrogens is 2. The van der Waals surface area contributed by atoms with Gasteiger partial charge in [-0.25, -0.2) is 4.98 Å². The van der Waals surface area contributed by atoms with Crippen molar-refractivity contribution in [3.8, 4) is 34.1 Å². The molecule has 0 bridgehead atoms. The fourth-order valence-corrected chi connectivity index (χ4v) is 3.97. The SMILES string of the molecule is COc1ccccc1C1=CN=C(c2ccc(-c3ncc(-c4ccccc4OC)[nH]3)cc2)C1. The molecular formula is C27H23N3O2. The summed E-state index contributed by atoms with van der Waals surface area (Å²) < 4.78 is 11.0. The van der Waals surface area contributed by atoms with E-state index in [4.69, 9.17) is 9.47 Å². The van der Waals surface area contributed by atoms with E-state index in [0.717, 1.165) is 63.0 Å². The van der Waals surface area contributed by atoms with Crippen molar-refractivity contribution in [1.29, 1.82) is 0 Å². The predicted octanol–water partition coefficient (Wildman–Crippen LogP) is 5.99. The molecule has 1 aliphatic heterocycles. The fraction of sp³-hybridized carbons (Fsp3) is 0.111. The average Bonchev–Trinajstić information content (AvgIpc) is 3.54. The summed E-state index contributed by atoms with van der Waals surface area (Å²) in [5.41, 5.74) is 7.33. The highest BCUT2D eigenvalue weighted by atomic mass is 16.5. The molecule has 2 heterocycles. The number of aliphatic imine (C=N–C) groups is 1. The van der Waals surface area contributed by atoms with Crippen LogP contribution in [0.5, 0.6) is 11.5 Å². The van der Waals surface area contributed by atoms with E-state index in [1.165, 1.54) is 0 Å². The van der Waals surface area contributed by atoms with Crippen molar-refractivity contribution >= 4 is 11.3 Å². The van der Waals surface area contributed by atoms with Crippen LogP contribution in [0.1, 0.15) is 17.5 Å². The average molecular weight is 422 g/mol. The van der Waals surface area contributed by atoms with Crippen molar-refractivity contribution in [3.05, 3.63) is 96.3 Å². The van der Waals surface area contributed by atoms with E-state index in [1.807, 2.05) is 54.9 Å². The zero-order valence-corrected chi connectivity index (χ0v) is 18.0. The maximum Gasteiger partial charge on any atom is 0.137 e. The Morgan fingerprint density at radius 1 is 0.750 bits per heavy atom. The van der Waals surface area contributed by atoms with E-state index in [0.29, 0.717) is 0 Å². The van der Waals surface area contributed by atoms with E-state index in [2.05, 4.69) is 45.3 Å². The smallest absolute Gasteiger partial charge is 0.137 e. The van der Waals surface area contributed by atoms with Gasteiger partial charge in [-0.15, -0.1) is 0 Å². The van der Waals surface area contributed by atoms with Gasteiger partial charge < -0.3 is 14.5 Å². The van der Waals surface area contributed by atoms with Gasteiger partial charge in [-0.2, -0.15) is 0 Å². The van der Waals surface area contributed by atoms with E-state index in [1.54, 1.807) is 14.2 Å². The second-order valence-electron chi connectivity index (χ2n) is 7.53. The summed E-state index contributed by atoms with van der Waals surface area (Å²) in [7, 11) is 3.37. The first-order valence-corrected chi connectivity index (χ1v) is 10.4. The topological polar surface area (TPSA) is 59.5 Å². The minimum absolute atomic E-state index is 0.776. The van der Waals surface area contributed by atoms with Crippen LogP contribution in [0.3, 0.4) is 0 Å². The minimum Gasteiger partial charge on any atom is -0.496 e. The predicted molar refractivity (Wildman–Crippen MR) is 128 cm³/mol. The molecule has 1 N–H and O–H groups in total. The number of imidazole rings is 1. The van der Waals surface area contributed by atoms with Crippen molar-refractivity contribution in [1.82, 2.24) is 9.97 Å². The van der Waals surface area contributed by atoms with Gasteiger partial charge in [0.05, 0.1) is 31.8 Å². The van der Waals surface area contributed by atoms with Crippen LogP contribution in [0, 0.1) is 0 Å². The standard InChI is InChI=1S/C27H23N3O2/c1-31-25-9-5-3-7-21(25)20-15-23(28-16-20)18-11-13-19(14-12-18)27-29-17-24(30-27)22-8-4-6-10-26(22)32-2/h3-14,16-17H,15H2,1-2H3,(H,29,30). The van der Waals surface area contributed by atoms with Gasteiger partial charge in [-0.1, -0.05) is 54.6 Å². The van der Waals surface area contributed by atoms with E-state index < -0.39 is 0 Å². The van der Waals surface area contributed by atoms with Gasteiger partial charge in [0, 0.05) is 29.3 Å². The second kappa shape index (κ2) is 8.55. The lowest BCUT2D eigenvalue weighted by Gasteiger charge is -2.09. The number of H-pyrrole nitrogens is 1. The van der Waals surface area contributed by atoms with Crippen LogP contribution >= 0.6 is 0 Å². The monoisotopic (exact) mass is 421 g/mol. The molecule has 0 radical (unpaired) electrons. The number of methoxy groups -OCH3 is 2. The summed E-state index contributed by atoms with van der Waals surface area (Å²) in [5, 5.41) is 0. The Kier molecular flexibility index (Phi) is 5.30. The molecule has 32 heavy (non-hydrogen) atoms. The number of para-hydroxylation sites is 2. The summed E-state index contributed by atoms with van der Waals surface area (Å²) in [5.74, 6) is 2.50. The molecule has 3 aromatic carbocycles. The van der Waals surface area contributed by atoms with Gasteiger partial charge in [-0.05, 0) is 29.3 Å². The van der Waals surface area contributed by atoms with Gasteiger partial charge >= 0.3 is 0 Å². The Hall–Kier alpha value is -4.12. The highest BCUT2D eigenvalue weighted by molar-refractivity contribution is 6.09. The first kappa shape index (κ1) is 19.8. The molecule has 0 atom stereocenters. The molecule has 158 valence electrons. The summed E-state index contributed by atoms with van der Waals surface area (Å²) in [4.78, 5) is 12.6. The molecule has 0 spiro atoms. The zero-order valence-electron chi connectivity index (χ0n) is 18.0. The summed E-state index contributed by atoms with van der Waals surface area (Å²) in [6.07, 6.45) is 4.55. The van der Waals surface area contributed by atoms with Crippen LogP contribution in [-0.4, -0.2) is 29.9 Å². The van der Waals surface area contributed by atoms with E-state index in [-0.39, 0.29) is 0 Å². The Bertz CT molecular complexity index is 1320. The number of hydrogen-bond donors (Lipinski definition) is 1. The number of ether oxygens (including phenoxy) is 2. The number of aromatic amines is 1. The molecule has 5 heteroatoms. The second-order valence-corrected chi connectivity index (χ2v) is 7.53. The molecule has 0 unspecified atom stereocenters. The third-order valence-corrected chi connectivity index (χ3v) is 5.65. The lowest BCUT2D eigenvalue weighted by Crippen LogP contribution is -1.99. The van der Waals surface area contributed by atoms with Crippen LogP contribution in [0.15, 0.2) is 90.2 Å². The van der Waals surface area contributed by atoms with Crippen LogP contribution in [0.25, 0.3) is 28.2 Å². The van der Waals surface area contributed by atoms with Gasteiger partial charge in [0.15, 0.2) is 0 Å². The normalized spacial score (nSPS) is 12.9. The van der Waals surface area contributed by atoms with E-state index >= 15 is 0 Å². The number of nitrogens with zero attached hydrogens (tertiary/aromatic N) is 2. The van der Waals surface area contributed by atoms with Crippen LogP contribution < -0.4 is 9.47 Å². The highest BCUT2D eigenvalue weighted by Gasteiger charge is 2.17. The first-order valence-electron chi connectivity index (χ1n) is 10.4. The summed E-state index contributed by atoms with van der Waals surface area (Å²) in [6.45, 7) is 0. The Morgan fingerprint density at radius 3 is 2.09 bits per heavy atom. The number of nitrogens with one attached hydrogen (secondary N) is 1. The molecule has 0 aliphatic carbocycles. The number of hydrogen-bond acceptors (Lipinski definition) is 4. The first-order chi connectivity index (χ1) is 15.8. The Morgan fingerprint density at radius 2 is 1.38 bits per heavy atom. The molecule has 0 fully saturated rings. The molecule has 5 nitrogen and oxygen atoms in total. The largest absolute Gasteiger partial charge is 0.496 e. The lowest BCUT2D eigenvalue weighted by atomic mass is 9.98. The number of benzene rings is 3. The van der Waals surface area contributed by atoms with Gasteiger partial charge in [0.25, 0.3) is 0 Å².